The lowest BCUT2D eigenvalue weighted by atomic mass is 10.0. The molecule has 8 nitrogen and oxygen atoms in total. The third kappa shape index (κ3) is 3.64. The Bertz CT molecular complexity index is 831. The van der Waals surface area contributed by atoms with E-state index in [-0.39, 0.29) is 30.7 Å². The number of carbonyl (C=O) groups excluding carboxylic acids is 4. The molecule has 28 heavy (non-hydrogen) atoms. The summed E-state index contributed by atoms with van der Waals surface area (Å²) < 4.78 is 0. The molecule has 0 radical (unpaired) electrons. The quantitative estimate of drug-likeness (QED) is 0.634. The lowest BCUT2D eigenvalue weighted by Gasteiger charge is -2.29. The van der Waals surface area contributed by atoms with Gasteiger partial charge < -0.3 is 15.5 Å². The largest absolute Gasteiger partial charge is 0.352 e. The Balaban J connectivity index is 1.39. The maximum atomic E-state index is 12.7. The topological polar surface area (TPSA) is 108 Å². The van der Waals surface area contributed by atoms with Crippen LogP contribution in [0.4, 0.5) is 0 Å². The van der Waals surface area contributed by atoms with Crippen molar-refractivity contribution in [2.24, 2.45) is 0 Å². The fourth-order valence-corrected chi connectivity index (χ4v) is 4.18. The highest BCUT2D eigenvalue weighted by Crippen LogP contribution is 2.28. The molecule has 0 bridgehead atoms. The lowest BCUT2D eigenvalue weighted by Crippen LogP contribution is -2.52. The predicted octanol–water partition coefficient (Wildman–Crippen LogP) is 0.320. The Morgan fingerprint density at radius 3 is 2.82 bits per heavy atom. The highest BCUT2D eigenvalue weighted by atomic mass is 16.2. The monoisotopic (exact) mass is 384 g/mol. The van der Waals surface area contributed by atoms with Crippen molar-refractivity contribution in [3.8, 4) is 0 Å². The van der Waals surface area contributed by atoms with Crippen molar-refractivity contribution in [1.29, 1.82) is 0 Å². The summed E-state index contributed by atoms with van der Waals surface area (Å²) >= 11 is 0. The number of hydrogen-bond acceptors (Lipinski definition) is 5. The number of piperidine rings is 1. The standard InChI is InChI=1S/C20H24N4O4/c25-17-6-5-16(19(27)23-17)24-11-13-10-12(3-4-15(13)20(24)28)18(26)22-9-7-14-2-1-8-21-14/h3-4,10,14,16,21H,1-2,5-9,11H2,(H,22,26)(H,23,25,27)/t14-,16?/m0/s1. The molecule has 0 spiro atoms. The molecule has 2 fully saturated rings. The predicted molar refractivity (Wildman–Crippen MR) is 100 cm³/mol. The highest BCUT2D eigenvalue weighted by molar-refractivity contribution is 6.06. The van der Waals surface area contributed by atoms with Crippen LogP contribution in [0, 0.1) is 0 Å². The van der Waals surface area contributed by atoms with Crippen LogP contribution in [-0.2, 0) is 16.1 Å². The van der Waals surface area contributed by atoms with Crippen molar-refractivity contribution in [3.05, 3.63) is 34.9 Å². The first kappa shape index (κ1) is 18.6. The average molecular weight is 384 g/mol. The molecule has 8 heteroatoms. The van der Waals surface area contributed by atoms with Crippen LogP contribution in [0.15, 0.2) is 18.2 Å². The second-order valence-corrected chi connectivity index (χ2v) is 7.61. The van der Waals surface area contributed by atoms with E-state index in [1.54, 1.807) is 18.2 Å². The number of benzene rings is 1. The van der Waals surface area contributed by atoms with Crippen LogP contribution < -0.4 is 16.0 Å². The summed E-state index contributed by atoms with van der Waals surface area (Å²) in [6, 6.07) is 4.85. The molecule has 1 aromatic carbocycles. The van der Waals surface area contributed by atoms with Gasteiger partial charge in [-0.15, -0.1) is 0 Å². The number of amides is 4. The van der Waals surface area contributed by atoms with Gasteiger partial charge in [-0.05, 0) is 56.0 Å². The molecule has 3 N–H and O–H groups in total. The van der Waals surface area contributed by atoms with Crippen molar-refractivity contribution in [2.75, 3.05) is 13.1 Å². The number of rotatable bonds is 5. The maximum Gasteiger partial charge on any atom is 0.255 e. The summed E-state index contributed by atoms with van der Waals surface area (Å²) in [5.74, 6) is -1.13. The number of fused-ring (bicyclic) bond motifs is 1. The van der Waals surface area contributed by atoms with Gasteiger partial charge in [0.05, 0.1) is 0 Å². The van der Waals surface area contributed by atoms with E-state index >= 15 is 0 Å². The van der Waals surface area contributed by atoms with E-state index in [0.29, 0.717) is 30.1 Å². The van der Waals surface area contributed by atoms with Crippen LogP contribution in [0.3, 0.4) is 0 Å². The number of imide groups is 1. The Morgan fingerprint density at radius 1 is 1.21 bits per heavy atom. The zero-order valence-corrected chi connectivity index (χ0v) is 15.6. The molecule has 0 aromatic heterocycles. The van der Waals surface area contributed by atoms with Crippen LogP contribution in [0.1, 0.15) is 58.4 Å². The highest BCUT2D eigenvalue weighted by Gasteiger charge is 2.39. The average Bonchev–Trinajstić information content (AvgIpc) is 3.30. The summed E-state index contributed by atoms with van der Waals surface area (Å²) in [4.78, 5) is 50.0. The Labute approximate surface area is 163 Å². The van der Waals surface area contributed by atoms with E-state index in [4.69, 9.17) is 0 Å². The van der Waals surface area contributed by atoms with Gasteiger partial charge in [0.25, 0.3) is 11.8 Å². The number of hydrogen-bond donors (Lipinski definition) is 3. The summed E-state index contributed by atoms with van der Waals surface area (Å²) in [6.45, 7) is 1.92. The first-order valence-electron chi connectivity index (χ1n) is 9.82. The van der Waals surface area contributed by atoms with Crippen molar-refractivity contribution in [1.82, 2.24) is 20.9 Å². The van der Waals surface area contributed by atoms with Gasteiger partial charge in [0.15, 0.2) is 0 Å². The SMILES string of the molecule is O=C1CCC(N2Cc3cc(C(=O)NCC[C@@H]4CCCN4)ccc3C2=O)C(=O)N1. The van der Waals surface area contributed by atoms with Gasteiger partial charge in [0.1, 0.15) is 6.04 Å². The van der Waals surface area contributed by atoms with Crippen LogP contribution in [-0.4, -0.2) is 53.7 Å². The molecule has 2 atom stereocenters. The molecule has 2 saturated heterocycles. The Hall–Kier alpha value is -2.74. The first-order valence-corrected chi connectivity index (χ1v) is 9.82. The molecule has 148 valence electrons. The van der Waals surface area contributed by atoms with Gasteiger partial charge in [0, 0.05) is 36.7 Å². The molecule has 0 saturated carbocycles. The van der Waals surface area contributed by atoms with E-state index in [9.17, 15) is 19.2 Å². The number of carbonyl (C=O) groups is 4. The summed E-state index contributed by atoms with van der Waals surface area (Å²) in [5.41, 5.74) is 1.76. The number of nitrogens with one attached hydrogen (secondary N) is 3. The van der Waals surface area contributed by atoms with E-state index < -0.39 is 11.9 Å². The van der Waals surface area contributed by atoms with Crippen molar-refractivity contribution in [3.63, 3.8) is 0 Å². The van der Waals surface area contributed by atoms with Crippen molar-refractivity contribution in [2.45, 2.75) is 50.7 Å². The van der Waals surface area contributed by atoms with Crippen molar-refractivity contribution < 1.29 is 19.2 Å². The lowest BCUT2D eigenvalue weighted by molar-refractivity contribution is -0.136. The number of nitrogens with zero attached hydrogens (tertiary/aromatic N) is 1. The molecule has 4 amide bonds. The van der Waals surface area contributed by atoms with E-state index in [2.05, 4.69) is 16.0 Å². The zero-order chi connectivity index (χ0) is 19.7. The first-order chi connectivity index (χ1) is 13.5. The smallest absolute Gasteiger partial charge is 0.255 e. The molecule has 3 aliphatic heterocycles. The van der Waals surface area contributed by atoms with Crippen LogP contribution in [0.2, 0.25) is 0 Å². The van der Waals surface area contributed by atoms with Crippen LogP contribution in [0.5, 0.6) is 0 Å². The minimum atomic E-state index is -0.645. The van der Waals surface area contributed by atoms with Crippen LogP contribution >= 0.6 is 0 Å². The third-order valence-corrected chi connectivity index (χ3v) is 5.73. The molecular weight excluding hydrogens is 360 g/mol. The molecule has 1 aromatic rings. The van der Waals surface area contributed by atoms with Gasteiger partial charge in [-0.1, -0.05) is 0 Å². The molecule has 0 aliphatic carbocycles. The van der Waals surface area contributed by atoms with E-state index in [1.165, 1.54) is 11.3 Å². The van der Waals surface area contributed by atoms with Crippen LogP contribution in [0.25, 0.3) is 0 Å². The summed E-state index contributed by atoms with van der Waals surface area (Å²) in [7, 11) is 0. The Kier molecular flexibility index (Phi) is 5.13. The second kappa shape index (κ2) is 7.71. The summed E-state index contributed by atoms with van der Waals surface area (Å²) in [5, 5.41) is 8.63. The molecule has 4 rings (SSSR count). The molecule has 3 heterocycles. The Morgan fingerprint density at radius 2 is 2.07 bits per heavy atom. The third-order valence-electron chi connectivity index (χ3n) is 5.73. The van der Waals surface area contributed by atoms with Gasteiger partial charge in [-0.3, -0.25) is 24.5 Å². The fourth-order valence-electron chi connectivity index (χ4n) is 4.18. The normalized spacial score (nSPS) is 24.3. The maximum absolute atomic E-state index is 12.7. The van der Waals surface area contributed by atoms with Crippen molar-refractivity contribution >= 4 is 23.6 Å². The minimum absolute atomic E-state index is 0.160. The molecular formula is C20H24N4O4. The fraction of sp³-hybridized carbons (Fsp3) is 0.500. The van der Waals surface area contributed by atoms with Gasteiger partial charge in [-0.2, -0.15) is 0 Å². The van der Waals surface area contributed by atoms with Gasteiger partial charge in [-0.25, -0.2) is 0 Å². The summed E-state index contributed by atoms with van der Waals surface area (Å²) in [6.07, 6.45) is 3.78. The van der Waals surface area contributed by atoms with Gasteiger partial charge >= 0.3 is 0 Å². The molecule has 1 unspecified atom stereocenters. The van der Waals surface area contributed by atoms with E-state index in [1.807, 2.05) is 0 Å². The minimum Gasteiger partial charge on any atom is -0.352 e. The molecule has 3 aliphatic rings. The zero-order valence-electron chi connectivity index (χ0n) is 15.6. The second-order valence-electron chi connectivity index (χ2n) is 7.61. The van der Waals surface area contributed by atoms with E-state index in [0.717, 1.165) is 24.9 Å². The van der Waals surface area contributed by atoms with Gasteiger partial charge in [0.2, 0.25) is 11.8 Å².